The molecule has 0 radical (unpaired) electrons. The normalized spacial score (nSPS) is 10.9. The van der Waals surface area contributed by atoms with E-state index in [-0.39, 0.29) is 24.0 Å². The smallest absolute Gasteiger partial charge is 0.191 e. The molecule has 0 saturated carbocycles. The topological polar surface area (TPSA) is 61.8 Å². The maximum Gasteiger partial charge on any atom is 0.191 e. The predicted octanol–water partition coefficient (Wildman–Crippen LogP) is 1.53. The molecule has 0 saturated heterocycles. The van der Waals surface area contributed by atoms with Crippen LogP contribution in [-0.2, 0) is 11.3 Å². The van der Waals surface area contributed by atoms with Crippen LogP contribution >= 0.6 is 35.3 Å². The second-order valence-electron chi connectivity index (χ2n) is 4.13. The highest BCUT2D eigenvalue weighted by atomic mass is 127. The van der Waals surface area contributed by atoms with E-state index in [9.17, 15) is 0 Å². The molecular formula is C12H24IN5OS. The standard InChI is InChI=1S/C12H23N5OS.HI/c1-5-13-11(14-6-7-18-4)15-8-10-9-19-12(16-10)17(2)3;/h9H,5-8H2,1-4H3,(H2,13,14,15);1H. The number of halogens is 1. The van der Waals surface area contributed by atoms with E-state index in [0.29, 0.717) is 13.2 Å². The maximum absolute atomic E-state index is 5.00. The Morgan fingerprint density at radius 1 is 1.45 bits per heavy atom. The highest BCUT2D eigenvalue weighted by molar-refractivity contribution is 14.0. The second-order valence-corrected chi connectivity index (χ2v) is 4.97. The molecule has 0 atom stereocenters. The van der Waals surface area contributed by atoms with Crippen molar-refractivity contribution in [1.29, 1.82) is 0 Å². The third-order valence-electron chi connectivity index (χ3n) is 2.26. The molecule has 8 heteroatoms. The molecule has 0 bridgehead atoms. The van der Waals surface area contributed by atoms with Crippen molar-refractivity contribution in [2.75, 3.05) is 45.8 Å². The van der Waals surface area contributed by atoms with Gasteiger partial charge in [-0.2, -0.15) is 0 Å². The maximum atomic E-state index is 5.00. The van der Waals surface area contributed by atoms with Crippen LogP contribution in [-0.4, -0.2) is 51.8 Å². The van der Waals surface area contributed by atoms with Crippen LogP contribution in [0, 0.1) is 0 Å². The van der Waals surface area contributed by atoms with Gasteiger partial charge in [0.2, 0.25) is 0 Å². The average molecular weight is 413 g/mol. The SMILES string of the molecule is CCNC(=NCc1csc(N(C)C)n1)NCCOC.I. The number of hydrogen-bond acceptors (Lipinski definition) is 5. The zero-order valence-corrected chi connectivity index (χ0v) is 15.6. The fourth-order valence-electron chi connectivity index (χ4n) is 1.35. The van der Waals surface area contributed by atoms with Crippen LogP contribution in [0.3, 0.4) is 0 Å². The van der Waals surface area contributed by atoms with Gasteiger partial charge in [-0.3, -0.25) is 0 Å². The zero-order valence-electron chi connectivity index (χ0n) is 12.5. The lowest BCUT2D eigenvalue weighted by Crippen LogP contribution is -2.38. The first-order valence-electron chi connectivity index (χ1n) is 6.30. The number of thiazole rings is 1. The Morgan fingerprint density at radius 3 is 2.75 bits per heavy atom. The summed E-state index contributed by atoms with van der Waals surface area (Å²) in [5, 5.41) is 9.43. The van der Waals surface area contributed by atoms with E-state index in [1.54, 1.807) is 18.4 Å². The lowest BCUT2D eigenvalue weighted by atomic mass is 10.5. The summed E-state index contributed by atoms with van der Waals surface area (Å²) < 4.78 is 5.00. The van der Waals surface area contributed by atoms with E-state index in [1.165, 1.54) is 0 Å². The summed E-state index contributed by atoms with van der Waals surface area (Å²) in [5.41, 5.74) is 0.984. The van der Waals surface area contributed by atoms with Gasteiger partial charge in [0.05, 0.1) is 18.8 Å². The molecule has 1 heterocycles. The summed E-state index contributed by atoms with van der Waals surface area (Å²) in [6.07, 6.45) is 0. The minimum absolute atomic E-state index is 0. The lowest BCUT2D eigenvalue weighted by molar-refractivity contribution is 0.203. The highest BCUT2D eigenvalue weighted by Crippen LogP contribution is 2.18. The largest absolute Gasteiger partial charge is 0.383 e. The van der Waals surface area contributed by atoms with Crippen molar-refractivity contribution in [3.8, 4) is 0 Å². The van der Waals surface area contributed by atoms with E-state index in [4.69, 9.17) is 4.74 Å². The Balaban J connectivity index is 0.00000361. The van der Waals surface area contributed by atoms with Crippen LogP contribution in [0.1, 0.15) is 12.6 Å². The van der Waals surface area contributed by atoms with Gasteiger partial charge < -0.3 is 20.3 Å². The molecule has 2 N–H and O–H groups in total. The molecule has 0 amide bonds. The van der Waals surface area contributed by atoms with Gasteiger partial charge in [0.15, 0.2) is 11.1 Å². The number of methoxy groups -OCH3 is 1. The minimum Gasteiger partial charge on any atom is -0.383 e. The Kier molecular flexibility index (Phi) is 10.8. The molecule has 0 fully saturated rings. The van der Waals surface area contributed by atoms with Gasteiger partial charge in [-0.05, 0) is 6.92 Å². The monoisotopic (exact) mass is 413 g/mol. The summed E-state index contributed by atoms with van der Waals surface area (Å²) in [6.45, 7) is 4.85. The molecule has 0 aliphatic heterocycles. The number of aliphatic imine (C=N–C) groups is 1. The van der Waals surface area contributed by atoms with Gasteiger partial charge in [-0.25, -0.2) is 9.98 Å². The number of nitrogens with zero attached hydrogens (tertiary/aromatic N) is 3. The molecule has 1 aromatic heterocycles. The number of guanidine groups is 1. The fraction of sp³-hybridized carbons (Fsp3) is 0.667. The molecule has 0 aromatic carbocycles. The summed E-state index contributed by atoms with van der Waals surface area (Å²) in [7, 11) is 5.66. The Labute approximate surface area is 142 Å². The third-order valence-corrected chi connectivity index (χ3v) is 3.32. The van der Waals surface area contributed by atoms with Crippen molar-refractivity contribution in [1.82, 2.24) is 15.6 Å². The number of anilines is 1. The first-order chi connectivity index (χ1) is 9.17. The van der Waals surface area contributed by atoms with Crippen LogP contribution in [0.2, 0.25) is 0 Å². The summed E-state index contributed by atoms with van der Waals surface area (Å²) in [4.78, 5) is 11.0. The summed E-state index contributed by atoms with van der Waals surface area (Å²) >= 11 is 1.63. The molecule has 0 aliphatic rings. The molecule has 1 rings (SSSR count). The number of rotatable bonds is 7. The molecular weight excluding hydrogens is 389 g/mol. The van der Waals surface area contributed by atoms with Crippen molar-refractivity contribution in [3.05, 3.63) is 11.1 Å². The third kappa shape index (κ3) is 7.25. The molecule has 20 heavy (non-hydrogen) atoms. The number of nitrogens with one attached hydrogen (secondary N) is 2. The van der Waals surface area contributed by atoms with Gasteiger partial charge in [0.1, 0.15) is 0 Å². The summed E-state index contributed by atoms with van der Waals surface area (Å²) in [6, 6.07) is 0. The van der Waals surface area contributed by atoms with Crippen LogP contribution in [0.5, 0.6) is 0 Å². The van der Waals surface area contributed by atoms with Crippen LogP contribution in [0.25, 0.3) is 0 Å². The molecule has 116 valence electrons. The van der Waals surface area contributed by atoms with E-state index in [0.717, 1.165) is 29.9 Å². The van der Waals surface area contributed by atoms with Gasteiger partial charge >= 0.3 is 0 Å². The predicted molar refractivity (Wildman–Crippen MR) is 96.6 cm³/mol. The van der Waals surface area contributed by atoms with Crippen LogP contribution < -0.4 is 15.5 Å². The molecule has 0 aliphatic carbocycles. The summed E-state index contributed by atoms with van der Waals surface area (Å²) in [5.74, 6) is 0.791. The minimum atomic E-state index is 0. The Hall–Kier alpha value is -0.610. The van der Waals surface area contributed by atoms with E-state index in [1.807, 2.05) is 31.3 Å². The van der Waals surface area contributed by atoms with E-state index < -0.39 is 0 Å². The average Bonchev–Trinajstić information content (AvgIpc) is 2.85. The molecule has 0 spiro atoms. The van der Waals surface area contributed by atoms with Crippen molar-refractivity contribution in [3.63, 3.8) is 0 Å². The molecule has 0 unspecified atom stereocenters. The van der Waals surface area contributed by atoms with Crippen molar-refractivity contribution in [2.45, 2.75) is 13.5 Å². The van der Waals surface area contributed by atoms with Crippen LogP contribution in [0.4, 0.5) is 5.13 Å². The molecule has 6 nitrogen and oxygen atoms in total. The zero-order chi connectivity index (χ0) is 14.1. The van der Waals surface area contributed by atoms with Crippen molar-refractivity contribution >= 4 is 46.4 Å². The highest BCUT2D eigenvalue weighted by Gasteiger charge is 2.03. The number of aromatic nitrogens is 1. The first-order valence-corrected chi connectivity index (χ1v) is 7.18. The van der Waals surface area contributed by atoms with Gasteiger partial charge in [-0.15, -0.1) is 35.3 Å². The lowest BCUT2D eigenvalue weighted by Gasteiger charge is -2.10. The van der Waals surface area contributed by atoms with Crippen LogP contribution in [0.15, 0.2) is 10.4 Å². The second kappa shape index (κ2) is 11.1. The van der Waals surface area contributed by atoms with Gasteiger partial charge in [0.25, 0.3) is 0 Å². The van der Waals surface area contributed by atoms with Gasteiger partial charge in [0, 0.05) is 39.7 Å². The number of hydrogen-bond donors (Lipinski definition) is 2. The quantitative estimate of drug-likeness (QED) is 0.307. The Bertz CT molecular complexity index is 397. The van der Waals surface area contributed by atoms with Gasteiger partial charge in [-0.1, -0.05) is 0 Å². The number of ether oxygens (including phenoxy) is 1. The van der Waals surface area contributed by atoms with Crippen molar-refractivity contribution in [2.24, 2.45) is 4.99 Å². The fourth-order valence-corrected chi connectivity index (χ4v) is 2.10. The molecule has 1 aromatic rings. The first kappa shape index (κ1) is 19.4. The van der Waals surface area contributed by atoms with Crippen molar-refractivity contribution < 1.29 is 4.74 Å². The van der Waals surface area contributed by atoms with E-state index >= 15 is 0 Å². The van der Waals surface area contributed by atoms with E-state index in [2.05, 4.69) is 20.6 Å². The Morgan fingerprint density at radius 2 is 2.20 bits per heavy atom.